The molecule has 0 unspecified atom stereocenters. The number of nitro groups is 1. The van der Waals surface area contributed by atoms with Crippen molar-refractivity contribution in [2.45, 2.75) is 64.2 Å². The van der Waals surface area contributed by atoms with Gasteiger partial charge >= 0.3 is 0 Å². The molecule has 3 aromatic rings. The first kappa shape index (κ1) is 21.2. The number of nitrogens with zero attached hydrogens (tertiary/aromatic N) is 3. The average molecular weight is 420 g/mol. The maximum absolute atomic E-state index is 11.0. The fourth-order valence-corrected chi connectivity index (χ4v) is 4.58. The highest BCUT2D eigenvalue weighted by Crippen LogP contribution is 2.38. The molecule has 1 heterocycles. The lowest BCUT2D eigenvalue weighted by Crippen LogP contribution is -2.13. The summed E-state index contributed by atoms with van der Waals surface area (Å²) >= 11 is 0. The first-order valence-electron chi connectivity index (χ1n) is 11.3. The third-order valence-corrected chi connectivity index (χ3v) is 6.43. The summed E-state index contributed by atoms with van der Waals surface area (Å²) < 4.78 is 5.35. The molecule has 1 aliphatic rings. The third kappa shape index (κ3) is 5.19. The number of hydrogen-bond donors (Lipinski definition) is 0. The Bertz CT molecular complexity index is 1000. The second-order valence-electron chi connectivity index (χ2n) is 8.57. The van der Waals surface area contributed by atoms with E-state index in [4.69, 9.17) is 4.52 Å². The number of non-ortho nitro benzene ring substituents is 1. The Morgan fingerprint density at radius 1 is 1.03 bits per heavy atom. The van der Waals surface area contributed by atoms with Crippen LogP contribution in [0.3, 0.4) is 0 Å². The Morgan fingerprint density at radius 3 is 2.52 bits per heavy atom. The smallest absolute Gasteiger partial charge is 0.270 e. The van der Waals surface area contributed by atoms with Crippen molar-refractivity contribution in [2.75, 3.05) is 0 Å². The lowest BCUT2D eigenvalue weighted by atomic mass is 9.77. The molecular weight excluding hydrogens is 390 g/mol. The summed E-state index contributed by atoms with van der Waals surface area (Å²) in [6, 6.07) is 14.7. The molecule has 6 heteroatoms. The van der Waals surface area contributed by atoms with Gasteiger partial charge in [0.05, 0.1) is 4.92 Å². The molecule has 1 aromatic heterocycles. The molecule has 1 fully saturated rings. The topological polar surface area (TPSA) is 82.1 Å². The van der Waals surface area contributed by atoms with E-state index in [0.717, 1.165) is 11.5 Å². The lowest BCUT2D eigenvalue weighted by Gasteiger charge is -2.29. The SMILES string of the molecule is CCCCCC1CCC(c2ccc(-c3noc(-c4cccc([N+](=O)[O-])c4)n3)cc2)CC1. The fourth-order valence-electron chi connectivity index (χ4n) is 4.58. The van der Waals surface area contributed by atoms with Crippen LogP contribution in [0.5, 0.6) is 0 Å². The van der Waals surface area contributed by atoms with Crippen LogP contribution in [0.15, 0.2) is 53.1 Å². The van der Waals surface area contributed by atoms with E-state index in [-0.39, 0.29) is 11.6 Å². The van der Waals surface area contributed by atoms with Gasteiger partial charge in [0, 0.05) is 23.3 Å². The summed E-state index contributed by atoms with van der Waals surface area (Å²) in [6.45, 7) is 2.27. The second-order valence-corrected chi connectivity index (χ2v) is 8.57. The van der Waals surface area contributed by atoms with Crippen LogP contribution in [0.2, 0.25) is 0 Å². The van der Waals surface area contributed by atoms with Gasteiger partial charge < -0.3 is 4.52 Å². The molecule has 162 valence electrons. The molecule has 0 spiro atoms. The number of unbranched alkanes of at least 4 members (excludes halogenated alkanes) is 2. The molecule has 0 bridgehead atoms. The van der Waals surface area contributed by atoms with Crippen LogP contribution in [0.1, 0.15) is 69.8 Å². The predicted octanol–water partition coefficient (Wildman–Crippen LogP) is 7.17. The molecule has 0 saturated heterocycles. The lowest BCUT2D eigenvalue weighted by molar-refractivity contribution is -0.384. The summed E-state index contributed by atoms with van der Waals surface area (Å²) in [5.41, 5.74) is 2.82. The van der Waals surface area contributed by atoms with Gasteiger partial charge in [-0.1, -0.05) is 68.1 Å². The van der Waals surface area contributed by atoms with Gasteiger partial charge in [0.15, 0.2) is 0 Å². The normalized spacial score (nSPS) is 18.7. The van der Waals surface area contributed by atoms with Crippen molar-refractivity contribution in [3.8, 4) is 22.8 Å². The summed E-state index contributed by atoms with van der Waals surface area (Å²) in [6.07, 6.45) is 10.7. The van der Waals surface area contributed by atoms with Gasteiger partial charge in [-0.2, -0.15) is 4.98 Å². The number of benzene rings is 2. The molecule has 0 N–H and O–H groups in total. The zero-order valence-electron chi connectivity index (χ0n) is 18.0. The molecule has 1 saturated carbocycles. The Kier molecular flexibility index (Phi) is 6.75. The van der Waals surface area contributed by atoms with Crippen molar-refractivity contribution in [2.24, 2.45) is 5.92 Å². The number of hydrogen-bond acceptors (Lipinski definition) is 5. The maximum atomic E-state index is 11.0. The Morgan fingerprint density at radius 2 is 1.81 bits per heavy atom. The van der Waals surface area contributed by atoms with E-state index in [2.05, 4.69) is 29.2 Å². The van der Waals surface area contributed by atoms with E-state index >= 15 is 0 Å². The monoisotopic (exact) mass is 419 g/mol. The standard InChI is InChI=1S/C25H29N3O3/c1-2-3-4-6-18-9-11-19(12-10-18)20-13-15-21(16-14-20)24-26-25(31-27-24)22-7-5-8-23(17-22)28(29)30/h5,7-8,13-19H,2-4,6,9-12H2,1H3. The highest BCUT2D eigenvalue weighted by Gasteiger charge is 2.22. The minimum atomic E-state index is -0.432. The van der Waals surface area contributed by atoms with E-state index in [1.165, 1.54) is 69.1 Å². The summed E-state index contributed by atoms with van der Waals surface area (Å²) in [4.78, 5) is 15.0. The number of aromatic nitrogens is 2. The predicted molar refractivity (Wildman–Crippen MR) is 121 cm³/mol. The first-order valence-corrected chi connectivity index (χ1v) is 11.3. The molecule has 4 rings (SSSR count). The first-order chi connectivity index (χ1) is 15.1. The van der Waals surface area contributed by atoms with Crippen molar-refractivity contribution in [1.82, 2.24) is 10.1 Å². The van der Waals surface area contributed by atoms with Crippen LogP contribution < -0.4 is 0 Å². The number of nitro benzene ring substituents is 1. The Hall–Kier alpha value is -3.02. The molecule has 6 nitrogen and oxygen atoms in total. The highest BCUT2D eigenvalue weighted by molar-refractivity contribution is 5.62. The van der Waals surface area contributed by atoms with Gasteiger partial charge in [-0.05, 0) is 49.1 Å². The summed E-state index contributed by atoms with van der Waals surface area (Å²) in [5.74, 6) is 2.33. The van der Waals surface area contributed by atoms with Gasteiger partial charge in [-0.15, -0.1) is 0 Å². The van der Waals surface area contributed by atoms with E-state index in [0.29, 0.717) is 17.3 Å². The van der Waals surface area contributed by atoms with Crippen LogP contribution in [-0.2, 0) is 0 Å². The minimum absolute atomic E-state index is 0.00156. The van der Waals surface area contributed by atoms with Crippen molar-refractivity contribution < 1.29 is 9.45 Å². The zero-order chi connectivity index (χ0) is 21.6. The summed E-state index contributed by atoms with van der Waals surface area (Å²) in [7, 11) is 0. The number of rotatable bonds is 8. The van der Waals surface area contributed by atoms with E-state index in [9.17, 15) is 10.1 Å². The molecule has 0 radical (unpaired) electrons. The fraction of sp³-hybridized carbons (Fsp3) is 0.440. The van der Waals surface area contributed by atoms with Crippen LogP contribution in [0.25, 0.3) is 22.8 Å². The Labute approximate surface area is 182 Å². The third-order valence-electron chi connectivity index (χ3n) is 6.43. The minimum Gasteiger partial charge on any atom is -0.334 e. The van der Waals surface area contributed by atoms with Gasteiger partial charge in [-0.3, -0.25) is 10.1 Å². The Balaban J connectivity index is 1.39. The van der Waals surface area contributed by atoms with Crippen molar-refractivity contribution in [3.63, 3.8) is 0 Å². The van der Waals surface area contributed by atoms with Crippen molar-refractivity contribution >= 4 is 5.69 Å². The van der Waals surface area contributed by atoms with E-state index < -0.39 is 4.92 Å². The molecule has 2 aromatic carbocycles. The highest BCUT2D eigenvalue weighted by atomic mass is 16.6. The van der Waals surface area contributed by atoms with Crippen LogP contribution in [-0.4, -0.2) is 15.1 Å². The molecule has 0 amide bonds. The van der Waals surface area contributed by atoms with Gasteiger partial charge in [0.2, 0.25) is 5.82 Å². The van der Waals surface area contributed by atoms with Crippen LogP contribution in [0, 0.1) is 16.0 Å². The largest absolute Gasteiger partial charge is 0.334 e. The van der Waals surface area contributed by atoms with Crippen LogP contribution >= 0.6 is 0 Å². The van der Waals surface area contributed by atoms with Crippen LogP contribution in [0.4, 0.5) is 5.69 Å². The van der Waals surface area contributed by atoms with Gasteiger partial charge in [0.1, 0.15) is 0 Å². The van der Waals surface area contributed by atoms with Crippen molar-refractivity contribution in [1.29, 1.82) is 0 Å². The van der Waals surface area contributed by atoms with Gasteiger partial charge in [0.25, 0.3) is 11.6 Å². The quantitative estimate of drug-likeness (QED) is 0.220. The molecule has 0 aliphatic heterocycles. The molecule has 31 heavy (non-hydrogen) atoms. The zero-order valence-corrected chi connectivity index (χ0v) is 18.0. The maximum Gasteiger partial charge on any atom is 0.270 e. The van der Waals surface area contributed by atoms with Crippen molar-refractivity contribution in [3.05, 3.63) is 64.2 Å². The van der Waals surface area contributed by atoms with E-state index in [1.807, 2.05) is 12.1 Å². The second kappa shape index (κ2) is 9.86. The summed E-state index contributed by atoms with van der Waals surface area (Å²) in [5, 5.41) is 15.1. The molecule has 0 atom stereocenters. The van der Waals surface area contributed by atoms with Gasteiger partial charge in [-0.25, -0.2) is 0 Å². The molecular formula is C25H29N3O3. The molecule has 1 aliphatic carbocycles. The average Bonchev–Trinajstić information content (AvgIpc) is 3.30. The van der Waals surface area contributed by atoms with E-state index in [1.54, 1.807) is 12.1 Å².